The fourth-order valence-electron chi connectivity index (χ4n) is 3.19. The van der Waals surface area contributed by atoms with Gasteiger partial charge in [-0.1, -0.05) is 0 Å². The number of nitrogens with one attached hydrogen (secondary N) is 1. The van der Waals surface area contributed by atoms with Crippen LogP contribution in [0.1, 0.15) is 23.2 Å². The quantitative estimate of drug-likeness (QED) is 0.663. The number of nitro groups is 1. The van der Waals surface area contributed by atoms with E-state index in [2.05, 4.69) is 5.32 Å². The minimum atomic E-state index is -0.833. The maximum Gasteiger partial charge on any atom is 0.272 e. The standard InChI is InChI=1S/C14H16FN3O3/c15-12-7-10(18(20)21)1-2-11(12)14(19)17-6-4-13-9(8-17)3-5-16-13/h1-2,7,9,13,16H,3-6,8H2. The monoisotopic (exact) mass is 293 g/mol. The summed E-state index contributed by atoms with van der Waals surface area (Å²) in [7, 11) is 0. The summed E-state index contributed by atoms with van der Waals surface area (Å²) in [4.78, 5) is 24.0. The average Bonchev–Trinajstić information content (AvgIpc) is 2.93. The molecule has 2 fully saturated rings. The minimum Gasteiger partial charge on any atom is -0.338 e. The summed E-state index contributed by atoms with van der Waals surface area (Å²) < 4.78 is 13.9. The SMILES string of the molecule is O=C(c1ccc([N+](=O)[O-])cc1F)N1CCC2NCCC2C1. The Morgan fingerprint density at radius 3 is 2.95 bits per heavy atom. The average molecular weight is 293 g/mol. The molecule has 1 aromatic rings. The molecule has 0 aromatic heterocycles. The molecular weight excluding hydrogens is 277 g/mol. The van der Waals surface area contributed by atoms with Crippen LogP contribution in [0.5, 0.6) is 0 Å². The number of rotatable bonds is 2. The molecule has 2 heterocycles. The van der Waals surface area contributed by atoms with Crippen molar-refractivity contribution in [3.8, 4) is 0 Å². The highest BCUT2D eigenvalue weighted by Crippen LogP contribution is 2.26. The van der Waals surface area contributed by atoms with Crippen molar-refractivity contribution in [2.24, 2.45) is 5.92 Å². The molecule has 0 aliphatic carbocycles. The first-order valence-electron chi connectivity index (χ1n) is 7.03. The number of hydrogen-bond acceptors (Lipinski definition) is 4. The molecule has 2 atom stereocenters. The topological polar surface area (TPSA) is 75.5 Å². The Bertz CT molecular complexity index is 593. The van der Waals surface area contributed by atoms with Crippen LogP contribution in [-0.2, 0) is 0 Å². The van der Waals surface area contributed by atoms with Gasteiger partial charge in [0, 0.05) is 25.2 Å². The summed E-state index contributed by atoms with van der Waals surface area (Å²) in [5.74, 6) is -0.794. The number of piperidine rings is 1. The number of nitrogens with zero attached hydrogens (tertiary/aromatic N) is 2. The van der Waals surface area contributed by atoms with Crippen molar-refractivity contribution in [2.75, 3.05) is 19.6 Å². The fraction of sp³-hybridized carbons (Fsp3) is 0.500. The summed E-state index contributed by atoms with van der Waals surface area (Å²) in [6.07, 6.45) is 1.89. The van der Waals surface area contributed by atoms with Crippen LogP contribution in [0.3, 0.4) is 0 Å². The Morgan fingerprint density at radius 1 is 1.43 bits per heavy atom. The summed E-state index contributed by atoms with van der Waals surface area (Å²) in [6, 6.07) is 3.63. The van der Waals surface area contributed by atoms with Gasteiger partial charge in [-0.15, -0.1) is 0 Å². The van der Waals surface area contributed by atoms with E-state index in [1.54, 1.807) is 4.90 Å². The van der Waals surface area contributed by atoms with Crippen molar-refractivity contribution < 1.29 is 14.1 Å². The third-order valence-corrected chi connectivity index (χ3v) is 4.34. The van der Waals surface area contributed by atoms with Crippen LogP contribution in [0, 0.1) is 21.8 Å². The first kappa shape index (κ1) is 13.9. The van der Waals surface area contributed by atoms with Gasteiger partial charge in [0.25, 0.3) is 11.6 Å². The predicted octanol–water partition coefficient (Wildman–Crippen LogP) is 1.56. The van der Waals surface area contributed by atoms with Gasteiger partial charge in [-0.05, 0) is 31.4 Å². The zero-order chi connectivity index (χ0) is 15.0. The van der Waals surface area contributed by atoms with Gasteiger partial charge in [-0.3, -0.25) is 14.9 Å². The molecule has 21 heavy (non-hydrogen) atoms. The lowest BCUT2D eigenvalue weighted by Gasteiger charge is -2.34. The summed E-state index contributed by atoms with van der Waals surface area (Å²) >= 11 is 0. The van der Waals surface area contributed by atoms with Gasteiger partial charge in [0.1, 0.15) is 5.82 Å². The van der Waals surface area contributed by atoms with E-state index in [4.69, 9.17) is 0 Å². The number of benzene rings is 1. The van der Waals surface area contributed by atoms with Gasteiger partial charge in [-0.25, -0.2) is 4.39 Å². The molecular formula is C14H16FN3O3. The van der Waals surface area contributed by atoms with E-state index in [1.165, 1.54) is 12.1 Å². The number of nitro benzene ring substituents is 1. The first-order valence-corrected chi connectivity index (χ1v) is 7.03. The lowest BCUT2D eigenvalue weighted by Crippen LogP contribution is -2.47. The molecule has 0 spiro atoms. The Hall–Kier alpha value is -2.02. The second-order valence-electron chi connectivity index (χ2n) is 5.57. The fourth-order valence-corrected chi connectivity index (χ4v) is 3.19. The number of hydrogen-bond donors (Lipinski definition) is 1. The molecule has 0 saturated carbocycles. The number of amides is 1. The van der Waals surface area contributed by atoms with Crippen LogP contribution in [-0.4, -0.2) is 41.4 Å². The number of carbonyl (C=O) groups excluding carboxylic acids is 1. The maximum atomic E-state index is 13.9. The molecule has 1 amide bonds. The first-order chi connectivity index (χ1) is 10.1. The van der Waals surface area contributed by atoms with Crippen molar-refractivity contribution in [1.29, 1.82) is 0 Å². The van der Waals surface area contributed by atoms with Crippen LogP contribution in [0.15, 0.2) is 18.2 Å². The molecule has 2 unspecified atom stereocenters. The second kappa shape index (κ2) is 5.40. The van der Waals surface area contributed by atoms with Gasteiger partial charge in [0.2, 0.25) is 0 Å². The Morgan fingerprint density at radius 2 is 2.24 bits per heavy atom. The largest absolute Gasteiger partial charge is 0.338 e. The molecule has 112 valence electrons. The summed E-state index contributed by atoms with van der Waals surface area (Å²) in [5, 5.41) is 14.0. The highest BCUT2D eigenvalue weighted by atomic mass is 19.1. The molecule has 0 bridgehead atoms. The summed E-state index contributed by atoms with van der Waals surface area (Å²) in [5.41, 5.74) is -0.437. The normalized spacial score (nSPS) is 24.7. The number of halogens is 1. The third-order valence-electron chi connectivity index (χ3n) is 4.34. The molecule has 0 radical (unpaired) electrons. The zero-order valence-corrected chi connectivity index (χ0v) is 11.4. The van der Waals surface area contributed by atoms with Crippen LogP contribution < -0.4 is 5.32 Å². The van der Waals surface area contributed by atoms with Crippen molar-refractivity contribution in [3.05, 3.63) is 39.7 Å². The van der Waals surface area contributed by atoms with E-state index < -0.39 is 10.7 Å². The van der Waals surface area contributed by atoms with Crippen LogP contribution in [0.2, 0.25) is 0 Å². The molecule has 1 N–H and O–H groups in total. The minimum absolute atomic E-state index is 0.0926. The second-order valence-corrected chi connectivity index (χ2v) is 5.57. The third kappa shape index (κ3) is 2.61. The van der Waals surface area contributed by atoms with E-state index in [9.17, 15) is 19.3 Å². The summed E-state index contributed by atoms with van der Waals surface area (Å²) in [6.45, 7) is 2.17. The van der Waals surface area contributed by atoms with Gasteiger partial charge >= 0.3 is 0 Å². The molecule has 2 aliphatic heterocycles. The Kier molecular flexibility index (Phi) is 3.59. The zero-order valence-electron chi connectivity index (χ0n) is 11.4. The molecule has 2 saturated heterocycles. The highest BCUT2D eigenvalue weighted by Gasteiger charge is 2.35. The highest BCUT2D eigenvalue weighted by molar-refractivity contribution is 5.94. The Labute approximate surface area is 121 Å². The maximum absolute atomic E-state index is 13.9. The van der Waals surface area contributed by atoms with Crippen molar-refractivity contribution >= 4 is 11.6 Å². The van der Waals surface area contributed by atoms with Gasteiger partial charge < -0.3 is 10.2 Å². The van der Waals surface area contributed by atoms with Crippen molar-refractivity contribution in [2.45, 2.75) is 18.9 Å². The predicted molar refractivity (Wildman–Crippen MR) is 73.5 cm³/mol. The smallest absolute Gasteiger partial charge is 0.272 e. The van der Waals surface area contributed by atoms with Crippen LogP contribution in [0.4, 0.5) is 10.1 Å². The van der Waals surface area contributed by atoms with Crippen molar-refractivity contribution in [1.82, 2.24) is 10.2 Å². The van der Waals surface area contributed by atoms with E-state index >= 15 is 0 Å². The lowest BCUT2D eigenvalue weighted by molar-refractivity contribution is -0.385. The molecule has 3 rings (SSSR count). The van der Waals surface area contributed by atoms with E-state index in [1.807, 2.05) is 0 Å². The number of carbonyl (C=O) groups is 1. The van der Waals surface area contributed by atoms with Crippen LogP contribution >= 0.6 is 0 Å². The van der Waals surface area contributed by atoms with Gasteiger partial charge in [0.05, 0.1) is 16.6 Å². The van der Waals surface area contributed by atoms with E-state index in [-0.39, 0.29) is 17.2 Å². The number of non-ortho nitro benzene ring substituents is 1. The van der Waals surface area contributed by atoms with E-state index in [0.717, 1.165) is 25.5 Å². The molecule has 1 aromatic carbocycles. The lowest BCUT2D eigenvalue weighted by atomic mass is 9.93. The van der Waals surface area contributed by atoms with Gasteiger partial charge in [-0.2, -0.15) is 0 Å². The van der Waals surface area contributed by atoms with Gasteiger partial charge in [0.15, 0.2) is 0 Å². The van der Waals surface area contributed by atoms with Crippen molar-refractivity contribution in [3.63, 3.8) is 0 Å². The Balaban J connectivity index is 1.77. The van der Waals surface area contributed by atoms with Crippen LogP contribution in [0.25, 0.3) is 0 Å². The molecule has 2 aliphatic rings. The number of likely N-dealkylation sites (tertiary alicyclic amines) is 1. The molecule has 6 nitrogen and oxygen atoms in total. The van der Waals surface area contributed by atoms with E-state index in [0.29, 0.717) is 25.0 Å². The number of fused-ring (bicyclic) bond motifs is 1. The molecule has 7 heteroatoms.